The third-order valence-electron chi connectivity index (χ3n) is 7.75. The molecule has 1 aromatic carbocycles. The topological polar surface area (TPSA) is 109 Å². The first-order valence-corrected chi connectivity index (χ1v) is 14.2. The molecule has 9 nitrogen and oxygen atoms in total. The second-order valence-corrected chi connectivity index (χ2v) is 10.9. The van der Waals surface area contributed by atoms with E-state index in [4.69, 9.17) is 0 Å². The van der Waals surface area contributed by atoms with Gasteiger partial charge in [-0.3, -0.25) is 9.78 Å². The number of amides is 1. The van der Waals surface area contributed by atoms with Gasteiger partial charge < -0.3 is 15.5 Å². The molecule has 2 N–H and O–H groups in total. The molecule has 4 heterocycles. The lowest BCUT2D eigenvalue weighted by Gasteiger charge is -2.31. The van der Waals surface area contributed by atoms with Gasteiger partial charge in [-0.1, -0.05) is 25.1 Å². The molecule has 1 saturated heterocycles. The van der Waals surface area contributed by atoms with E-state index >= 15 is 0 Å². The van der Waals surface area contributed by atoms with Gasteiger partial charge in [-0.15, -0.1) is 0 Å². The zero-order valence-electron chi connectivity index (χ0n) is 23.8. The Labute approximate surface area is 240 Å². The standard InChI is InChI=1S/C31H37FN8O/c1-20(24-5-4-6-25-26(31(41)33-3)7-10-34-30(24)25)15-35-29-14-27(38-19-39-29)23-16-36-28(37-17-23)13-22-8-11-40(12-9-22)18-21(2)32/h4-7,10,14,16-17,19-22H,8-9,11-13,15,18H2,1-3H3,(H,33,41)(H,35,38,39)/t20-,21?/m1/s1. The van der Waals surface area contributed by atoms with Crippen molar-refractivity contribution in [2.45, 2.75) is 45.2 Å². The number of benzene rings is 1. The van der Waals surface area contributed by atoms with Crippen molar-refractivity contribution in [3.8, 4) is 11.3 Å². The zero-order chi connectivity index (χ0) is 28.8. The van der Waals surface area contributed by atoms with Crippen molar-refractivity contribution in [2.24, 2.45) is 5.92 Å². The molecular weight excluding hydrogens is 519 g/mol. The van der Waals surface area contributed by atoms with E-state index in [2.05, 4.69) is 47.4 Å². The van der Waals surface area contributed by atoms with E-state index in [1.54, 1.807) is 26.2 Å². The maximum atomic E-state index is 13.3. The number of rotatable bonds is 10. The Balaban J connectivity index is 1.20. The largest absolute Gasteiger partial charge is 0.369 e. The number of aromatic nitrogens is 5. The summed E-state index contributed by atoms with van der Waals surface area (Å²) in [6.07, 6.45) is 9.00. The molecule has 1 aliphatic heterocycles. The van der Waals surface area contributed by atoms with Crippen molar-refractivity contribution in [3.05, 3.63) is 72.2 Å². The van der Waals surface area contributed by atoms with Gasteiger partial charge in [-0.25, -0.2) is 24.3 Å². The second kappa shape index (κ2) is 13.1. The Bertz CT molecular complexity index is 1470. The molecular formula is C31H37FN8O. The average Bonchev–Trinajstić information content (AvgIpc) is 3.00. The van der Waals surface area contributed by atoms with Crippen LogP contribution in [0.5, 0.6) is 0 Å². The van der Waals surface area contributed by atoms with Gasteiger partial charge in [-0.05, 0) is 50.4 Å². The van der Waals surface area contributed by atoms with Crippen LogP contribution in [0.15, 0.2) is 55.2 Å². The number of carbonyl (C=O) groups excluding carboxylic acids is 1. The number of piperidine rings is 1. The summed E-state index contributed by atoms with van der Waals surface area (Å²) in [6, 6.07) is 9.58. The van der Waals surface area contributed by atoms with E-state index < -0.39 is 6.17 Å². The van der Waals surface area contributed by atoms with Crippen molar-refractivity contribution >= 4 is 22.6 Å². The van der Waals surface area contributed by atoms with Crippen molar-refractivity contribution in [1.29, 1.82) is 0 Å². The van der Waals surface area contributed by atoms with Gasteiger partial charge in [0.1, 0.15) is 24.1 Å². The highest BCUT2D eigenvalue weighted by Crippen LogP contribution is 2.27. The number of anilines is 1. The number of hydrogen-bond donors (Lipinski definition) is 2. The van der Waals surface area contributed by atoms with Gasteiger partial charge in [0.05, 0.1) is 16.8 Å². The van der Waals surface area contributed by atoms with Crippen LogP contribution in [0, 0.1) is 5.92 Å². The van der Waals surface area contributed by atoms with E-state index in [0.717, 1.165) is 65.9 Å². The van der Waals surface area contributed by atoms with Gasteiger partial charge >= 0.3 is 0 Å². The van der Waals surface area contributed by atoms with Crippen LogP contribution in [0.2, 0.25) is 0 Å². The van der Waals surface area contributed by atoms with Gasteiger partial charge in [-0.2, -0.15) is 0 Å². The van der Waals surface area contributed by atoms with Crippen molar-refractivity contribution in [2.75, 3.05) is 38.5 Å². The Morgan fingerprint density at radius 2 is 1.85 bits per heavy atom. The Morgan fingerprint density at radius 1 is 1.07 bits per heavy atom. The molecule has 1 aliphatic rings. The maximum Gasteiger partial charge on any atom is 0.251 e. The Hall–Kier alpha value is -4.05. The zero-order valence-corrected chi connectivity index (χ0v) is 23.8. The number of likely N-dealkylation sites (tertiary alicyclic amines) is 1. The number of para-hydroxylation sites is 1. The van der Waals surface area contributed by atoms with Crippen LogP contribution in [-0.4, -0.2) is 75.1 Å². The van der Waals surface area contributed by atoms with Crippen molar-refractivity contribution in [1.82, 2.24) is 35.1 Å². The molecule has 3 aromatic heterocycles. The maximum absolute atomic E-state index is 13.3. The smallest absolute Gasteiger partial charge is 0.251 e. The van der Waals surface area contributed by atoms with Gasteiger partial charge in [0.2, 0.25) is 0 Å². The molecule has 41 heavy (non-hydrogen) atoms. The monoisotopic (exact) mass is 556 g/mol. The first-order chi connectivity index (χ1) is 19.9. The molecule has 0 saturated carbocycles. The number of pyridine rings is 1. The third kappa shape index (κ3) is 7.00. The number of halogens is 1. The molecule has 4 aromatic rings. The SMILES string of the molecule is CNC(=O)c1ccnc2c([C@H](C)CNc3cc(-c4cnc(CC5CCN(CC(C)F)CC5)nc4)ncn3)cccc12. The highest BCUT2D eigenvalue weighted by Gasteiger charge is 2.21. The van der Waals surface area contributed by atoms with Crippen LogP contribution in [0.1, 0.15) is 54.4 Å². The predicted molar refractivity (Wildman–Crippen MR) is 159 cm³/mol. The molecule has 0 radical (unpaired) electrons. The summed E-state index contributed by atoms with van der Waals surface area (Å²) in [5.74, 6) is 2.04. The quantitative estimate of drug-likeness (QED) is 0.290. The summed E-state index contributed by atoms with van der Waals surface area (Å²) in [5, 5.41) is 6.96. The molecule has 1 unspecified atom stereocenters. The normalized spacial score (nSPS) is 15.9. The first-order valence-electron chi connectivity index (χ1n) is 14.2. The third-order valence-corrected chi connectivity index (χ3v) is 7.75. The molecule has 5 rings (SSSR count). The van der Waals surface area contributed by atoms with Gasteiger partial charge in [0.25, 0.3) is 5.91 Å². The minimum Gasteiger partial charge on any atom is -0.369 e. The molecule has 10 heteroatoms. The number of nitrogens with one attached hydrogen (secondary N) is 2. The average molecular weight is 557 g/mol. The summed E-state index contributed by atoms with van der Waals surface area (Å²) in [6.45, 7) is 6.75. The molecule has 0 spiro atoms. The highest BCUT2D eigenvalue weighted by atomic mass is 19.1. The number of carbonyl (C=O) groups is 1. The molecule has 0 bridgehead atoms. The van der Waals surface area contributed by atoms with Gasteiger partial charge in [0, 0.05) is 68.1 Å². The summed E-state index contributed by atoms with van der Waals surface area (Å²) < 4.78 is 13.3. The highest BCUT2D eigenvalue weighted by molar-refractivity contribution is 6.06. The number of alkyl halides is 1. The summed E-state index contributed by atoms with van der Waals surface area (Å²) >= 11 is 0. The molecule has 0 aliphatic carbocycles. The second-order valence-electron chi connectivity index (χ2n) is 10.9. The Kier molecular flexibility index (Phi) is 9.08. The predicted octanol–water partition coefficient (Wildman–Crippen LogP) is 4.67. The van der Waals surface area contributed by atoms with Crippen LogP contribution in [0.4, 0.5) is 10.2 Å². The van der Waals surface area contributed by atoms with Gasteiger partial charge in [0.15, 0.2) is 0 Å². The van der Waals surface area contributed by atoms with E-state index in [1.807, 2.05) is 36.7 Å². The van der Waals surface area contributed by atoms with Crippen LogP contribution >= 0.6 is 0 Å². The fraction of sp³-hybridized carbons (Fsp3) is 0.419. The summed E-state index contributed by atoms with van der Waals surface area (Å²) in [4.78, 5) is 37.2. The van der Waals surface area contributed by atoms with Crippen LogP contribution < -0.4 is 10.6 Å². The lowest BCUT2D eigenvalue weighted by Crippen LogP contribution is -2.37. The lowest BCUT2D eigenvalue weighted by molar-refractivity contribution is 0.0964. The van der Waals surface area contributed by atoms with Crippen LogP contribution in [-0.2, 0) is 6.42 Å². The van der Waals surface area contributed by atoms with Crippen molar-refractivity contribution < 1.29 is 9.18 Å². The minimum atomic E-state index is -0.783. The molecule has 214 valence electrons. The minimum absolute atomic E-state index is 0.111. The summed E-state index contributed by atoms with van der Waals surface area (Å²) in [5.41, 5.74) is 4.07. The van der Waals surface area contributed by atoms with Crippen molar-refractivity contribution in [3.63, 3.8) is 0 Å². The molecule has 1 fully saturated rings. The van der Waals surface area contributed by atoms with E-state index in [-0.39, 0.29) is 11.8 Å². The number of hydrogen-bond acceptors (Lipinski definition) is 8. The fourth-order valence-corrected chi connectivity index (χ4v) is 5.49. The lowest BCUT2D eigenvalue weighted by atomic mass is 9.93. The number of nitrogens with zero attached hydrogens (tertiary/aromatic N) is 6. The molecule has 1 amide bonds. The number of fused-ring (bicyclic) bond motifs is 1. The Morgan fingerprint density at radius 3 is 2.59 bits per heavy atom. The molecule has 2 atom stereocenters. The van der Waals surface area contributed by atoms with Crippen LogP contribution in [0.3, 0.4) is 0 Å². The fourth-order valence-electron chi connectivity index (χ4n) is 5.49. The first kappa shape index (κ1) is 28.5. The van der Waals surface area contributed by atoms with E-state index in [0.29, 0.717) is 30.4 Å². The van der Waals surface area contributed by atoms with E-state index in [9.17, 15) is 9.18 Å². The summed E-state index contributed by atoms with van der Waals surface area (Å²) in [7, 11) is 1.63. The van der Waals surface area contributed by atoms with E-state index in [1.165, 1.54) is 6.33 Å². The van der Waals surface area contributed by atoms with Crippen LogP contribution in [0.25, 0.3) is 22.2 Å².